The summed E-state index contributed by atoms with van der Waals surface area (Å²) in [4.78, 5) is 19.7. The Morgan fingerprint density at radius 2 is 2.03 bits per heavy atom. The van der Waals surface area contributed by atoms with Gasteiger partial charge in [0.1, 0.15) is 5.75 Å². The monoisotopic (exact) mass is 439 g/mol. The van der Waals surface area contributed by atoms with Gasteiger partial charge in [-0.2, -0.15) is 0 Å². The normalized spacial score (nSPS) is 14.3. The molecule has 3 aromatic rings. The molecule has 2 aromatic heterocycles. The van der Waals surface area contributed by atoms with Crippen molar-refractivity contribution in [2.45, 2.75) is 52.4 Å². The van der Waals surface area contributed by atoms with E-state index in [-0.39, 0.29) is 17.9 Å². The number of para-hydroxylation sites is 1. The first-order valence-corrected chi connectivity index (χ1v) is 11.1. The number of hydrogen-bond donors (Lipinski definition) is 3. The predicted molar refractivity (Wildman–Crippen MR) is 125 cm³/mol. The van der Waals surface area contributed by atoms with Gasteiger partial charge in [-0.15, -0.1) is 0 Å². The first kappa shape index (κ1) is 23.8. The zero-order valence-electron chi connectivity index (χ0n) is 19.2. The third-order valence-electron chi connectivity index (χ3n) is 5.40. The van der Waals surface area contributed by atoms with Crippen molar-refractivity contribution in [2.75, 3.05) is 13.2 Å². The molecule has 172 valence electrons. The van der Waals surface area contributed by atoms with Crippen molar-refractivity contribution < 1.29 is 19.4 Å². The predicted octanol–water partition coefficient (Wildman–Crippen LogP) is 3.78. The minimum atomic E-state index is -0.665. The molecule has 3 rings (SSSR count). The van der Waals surface area contributed by atoms with E-state index in [1.165, 1.54) is 0 Å². The molecule has 0 saturated heterocycles. The van der Waals surface area contributed by atoms with Gasteiger partial charge in [0, 0.05) is 48.0 Å². The van der Waals surface area contributed by atoms with Crippen LogP contribution in [0.1, 0.15) is 44.9 Å². The van der Waals surface area contributed by atoms with Crippen LogP contribution in [0.5, 0.6) is 5.75 Å². The first-order chi connectivity index (χ1) is 15.4. The number of pyridine rings is 1. The number of ether oxygens (including phenoxy) is 2. The van der Waals surface area contributed by atoms with Crippen LogP contribution in [0.15, 0.2) is 48.9 Å². The molecule has 0 amide bonds. The highest BCUT2D eigenvalue weighted by molar-refractivity contribution is 5.89. The zero-order valence-corrected chi connectivity index (χ0v) is 19.2. The number of aliphatic hydroxyl groups is 1. The number of aromatic amines is 1. The van der Waals surface area contributed by atoms with Crippen LogP contribution in [-0.2, 0) is 16.0 Å². The smallest absolute Gasteiger partial charge is 0.347 e. The van der Waals surface area contributed by atoms with Crippen molar-refractivity contribution in [1.82, 2.24) is 15.3 Å². The molecule has 0 spiro atoms. The van der Waals surface area contributed by atoms with Gasteiger partial charge in [-0.3, -0.25) is 4.98 Å². The number of H-pyrrole nitrogens is 1. The Hall–Kier alpha value is -2.90. The second-order valence-electron chi connectivity index (χ2n) is 8.34. The molecule has 3 atom stereocenters. The molecule has 0 aliphatic heterocycles. The summed E-state index contributed by atoms with van der Waals surface area (Å²) in [5.41, 5.74) is 2.79. The SMILES string of the molecule is CCOC(=O)[C@@H](Oc1cccc2c(C[C@@H](C)NC[C@H](O)c3cccnc3)c[nH]c12)C(C)C. The van der Waals surface area contributed by atoms with Crippen molar-refractivity contribution in [3.05, 3.63) is 60.0 Å². The fourth-order valence-corrected chi connectivity index (χ4v) is 3.68. The van der Waals surface area contributed by atoms with E-state index in [2.05, 4.69) is 22.2 Å². The molecule has 0 unspecified atom stereocenters. The number of carbonyl (C=O) groups excluding carboxylic acids is 1. The van der Waals surface area contributed by atoms with E-state index in [4.69, 9.17) is 9.47 Å². The molecule has 1 aromatic carbocycles. The fraction of sp³-hybridized carbons (Fsp3) is 0.440. The number of esters is 1. The molecule has 0 saturated carbocycles. The molecule has 0 aliphatic carbocycles. The van der Waals surface area contributed by atoms with Crippen molar-refractivity contribution in [2.24, 2.45) is 5.92 Å². The average molecular weight is 440 g/mol. The van der Waals surface area contributed by atoms with Crippen LogP contribution in [-0.4, -0.2) is 46.3 Å². The summed E-state index contributed by atoms with van der Waals surface area (Å²) in [7, 11) is 0. The van der Waals surface area contributed by atoms with Crippen LogP contribution in [0.2, 0.25) is 0 Å². The Morgan fingerprint density at radius 3 is 2.72 bits per heavy atom. The highest BCUT2D eigenvalue weighted by Gasteiger charge is 2.26. The van der Waals surface area contributed by atoms with Crippen molar-refractivity contribution in [1.29, 1.82) is 0 Å². The lowest BCUT2D eigenvalue weighted by Gasteiger charge is -2.21. The van der Waals surface area contributed by atoms with E-state index in [9.17, 15) is 9.90 Å². The number of fused-ring (bicyclic) bond motifs is 1. The highest BCUT2D eigenvalue weighted by Crippen LogP contribution is 2.30. The number of hydrogen-bond acceptors (Lipinski definition) is 6. The van der Waals surface area contributed by atoms with Gasteiger partial charge in [-0.05, 0) is 38.0 Å². The van der Waals surface area contributed by atoms with E-state index in [1.54, 1.807) is 19.3 Å². The van der Waals surface area contributed by atoms with Crippen molar-refractivity contribution in [3.63, 3.8) is 0 Å². The van der Waals surface area contributed by atoms with Gasteiger partial charge in [-0.1, -0.05) is 32.0 Å². The summed E-state index contributed by atoms with van der Waals surface area (Å²) < 4.78 is 11.3. The summed E-state index contributed by atoms with van der Waals surface area (Å²) in [6.07, 6.45) is 4.85. The zero-order chi connectivity index (χ0) is 23.1. The minimum Gasteiger partial charge on any atom is -0.476 e. The maximum atomic E-state index is 12.3. The van der Waals surface area contributed by atoms with E-state index in [0.717, 1.165) is 28.5 Å². The van der Waals surface area contributed by atoms with Crippen LogP contribution in [0.4, 0.5) is 0 Å². The number of aromatic nitrogens is 2. The fourth-order valence-electron chi connectivity index (χ4n) is 3.68. The van der Waals surface area contributed by atoms with E-state index < -0.39 is 12.2 Å². The average Bonchev–Trinajstić information content (AvgIpc) is 3.19. The number of rotatable bonds is 11. The molecule has 2 heterocycles. The lowest BCUT2D eigenvalue weighted by Crippen LogP contribution is -2.34. The third kappa shape index (κ3) is 5.87. The van der Waals surface area contributed by atoms with Gasteiger partial charge in [-0.25, -0.2) is 4.79 Å². The molecule has 0 fully saturated rings. The largest absolute Gasteiger partial charge is 0.476 e. The molecule has 0 aliphatic rings. The Kier molecular flexibility index (Phi) is 8.25. The lowest BCUT2D eigenvalue weighted by atomic mass is 10.0. The molecule has 0 radical (unpaired) electrons. The van der Waals surface area contributed by atoms with Crippen LogP contribution >= 0.6 is 0 Å². The van der Waals surface area contributed by atoms with Crippen LogP contribution in [0.25, 0.3) is 10.9 Å². The second kappa shape index (κ2) is 11.1. The topological polar surface area (TPSA) is 96.5 Å². The number of carbonyl (C=O) groups is 1. The first-order valence-electron chi connectivity index (χ1n) is 11.1. The summed E-state index contributed by atoms with van der Waals surface area (Å²) >= 11 is 0. The standard InChI is InChI=1S/C25H33N3O4/c1-5-31-25(30)24(16(2)3)32-22-10-6-9-20-19(14-28-23(20)22)12-17(4)27-15-21(29)18-8-7-11-26-13-18/h6-11,13-14,16-17,21,24,27-29H,5,12,15H2,1-4H3/t17-,21+,24+/m1/s1. The van der Waals surface area contributed by atoms with Crippen LogP contribution in [0.3, 0.4) is 0 Å². The summed E-state index contributed by atoms with van der Waals surface area (Å²) in [5.74, 6) is 0.263. The Balaban J connectivity index is 1.68. The molecule has 32 heavy (non-hydrogen) atoms. The molecule has 0 bridgehead atoms. The Bertz CT molecular complexity index is 1000. The van der Waals surface area contributed by atoms with Gasteiger partial charge in [0.05, 0.1) is 18.2 Å². The van der Waals surface area contributed by atoms with Gasteiger partial charge in [0.15, 0.2) is 6.10 Å². The number of nitrogens with one attached hydrogen (secondary N) is 2. The van der Waals surface area contributed by atoms with Crippen molar-refractivity contribution >= 4 is 16.9 Å². The quantitative estimate of drug-likeness (QED) is 0.394. The number of benzene rings is 1. The summed E-state index contributed by atoms with van der Waals surface area (Å²) in [6.45, 7) is 8.52. The molecular formula is C25H33N3O4. The van der Waals surface area contributed by atoms with Crippen LogP contribution < -0.4 is 10.1 Å². The van der Waals surface area contributed by atoms with Gasteiger partial charge in [0.25, 0.3) is 0 Å². The van der Waals surface area contributed by atoms with E-state index in [0.29, 0.717) is 18.9 Å². The summed E-state index contributed by atoms with van der Waals surface area (Å²) in [5, 5.41) is 14.8. The lowest BCUT2D eigenvalue weighted by molar-refractivity contribution is -0.153. The minimum absolute atomic E-state index is 0.0193. The molecule has 3 N–H and O–H groups in total. The van der Waals surface area contributed by atoms with E-state index in [1.807, 2.05) is 50.4 Å². The maximum Gasteiger partial charge on any atom is 0.347 e. The van der Waals surface area contributed by atoms with Gasteiger partial charge < -0.3 is 24.9 Å². The third-order valence-corrected chi connectivity index (χ3v) is 5.40. The maximum absolute atomic E-state index is 12.3. The molecular weight excluding hydrogens is 406 g/mol. The van der Waals surface area contributed by atoms with Crippen LogP contribution in [0, 0.1) is 5.92 Å². The number of nitrogens with zero attached hydrogens (tertiary/aromatic N) is 1. The van der Waals surface area contributed by atoms with Gasteiger partial charge >= 0.3 is 5.97 Å². The molecule has 7 nitrogen and oxygen atoms in total. The Morgan fingerprint density at radius 1 is 1.22 bits per heavy atom. The second-order valence-corrected chi connectivity index (χ2v) is 8.34. The Labute approximate surface area is 189 Å². The van der Waals surface area contributed by atoms with Gasteiger partial charge in [0.2, 0.25) is 0 Å². The summed E-state index contributed by atoms with van der Waals surface area (Å²) in [6, 6.07) is 9.67. The van der Waals surface area contributed by atoms with Crippen molar-refractivity contribution in [3.8, 4) is 5.75 Å². The molecule has 7 heteroatoms. The highest BCUT2D eigenvalue weighted by atomic mass is 16.6. The van der Waals surface area contributed by atoms with E-state index >= 15 is 0 Å². The number of aliphatic hydroxyl groups excluding tert-OH is 1.